The summed E-state index contributed by atoms with van der Waals surface area (Å²) in [7, 11) is 3.15. The number of aromatic nitrogens is 1. The van der Waals surface area contributed by atoms with Gasteiger partial charge in [-0.2, -0.15) is 8.78 Å². The van der Waals surface area contributed by atoms with Gasteiger partial charge in [-0.25, -0.2) is 4.98 Å². The Morgan fingerprint density at radius 2 is 2.08 bits per heavy atom. The minimum atomic E-state index is -2.89. The highest BCUT2D eigenvalue weighted by molar-refractivity contribution is 7.11. The van der Waals surface area contributed by atoms with Crippen molar-refractivity contribution in [3.05, 3.63) is 39.8 Å². The van der Waals surface area contributed by atoms with Crippen LogP contribution in [0.15, 0.2) is 29.4 Å². The van der Waals surface area contributed by atoms with E-state index >= 15 is 0 Å². The van der Waals surface area contributed by atoms with Gasteiger partial charge in [0.1, 0.15) is 11.5 Å². The molecule has 0 saturated heterocycles. The minimum Gasteiger partial charge on any atom is -0.497 e. The molecular weight excluding hydrogens is 350 g/mol. The van der Waals surface area contributed by atoms with E-state index in [4.69, 9.17) is 4.74 Å². The van der Waals surface area contributed by atoms with E-state index in [9.17, 15) is 8.78 Å². The Hall–Kier alpha value is -2.42. The van der Waals surface area contributed by atoms with E-state index in [-0.39, 0.29) is 12.3 Å². The van der Waals surface area contributed by atoms with E-state index in [1.165, 1.54) is 13.2 Å². The summed E-state index contributed by atoms with van der Waals surface area (Å²) >= 11 is 1.59. The van der Waals surface area contributed by atoms with E-state index < -0.39 is 6.61 Å². The van der Waals surface area contributed by atoms with Gasteiger partial charge in [0.05, 0.1) is 18.7 Å². The Kier molecular flexibility index (Phi) is 6.93. The summed E-state index contributed by atoms with van der Waals surface area (Å²) in [5.41, 5.74) is 0.538. The quantitative estimate of drug-likeness (QED) is 0.579. The average molecular weight is 370 g/mol. The maximum Gasteiger partial charge on any atom is 0.387 e. The predicted molar refractivity (Wildman–Crippen MR) is 93.5 cm³/mol. The summed E-state index contributed by atoms with van der Waals surface area (Å²) in [6, 6.07) is 4.67. The van der Waals surface area contributed by atoms with Crippen LogP contribution in [0.1, 0.15) is 15.4 Å². The van der Waals surface area contributed by atoms with Gasteiger partial charge in [-0.05, 0) is 25.1 Å². The number of methoxy groups -OCH3 is 1. The molecule has 0 atom stereocenters. The van der Waals surface area contributed by atoms with Gasteiger partial charge in [-0.15, -0.1) is 11.3 Å². The van der Waals surface area contributed by atoms with Crippen LogP contribution in [0, 0.1) is 6.92 Å². The lowest BCUT2D eigenvalue weighted by Crippen LogP contribution is -2.36. The van der Waals surface area contributed by atoms with E-state index in [0.717, 1.165) is 9.88 Å². The molecule has 2 rings (SSSR count). The van der Waals surface area contributed by atoms with Crippen LogP contribution in [-0.4, -0.2) is 31.7 Å². The van der Waals surface area contributed by atoms with Gasteiger partial charge in [0.2, 0.25) is 0 Å². The number of aryl methyl sites for hydroxylation is 1. The molecule has 2 aromatic rings. The number of ether oxygens (including phenoxy) is 2. The normalized spacial score (nSPS) is 11.5. The van der Waals surface area contributed by atoms with Crippen LogP contribution in [0.4, 0.5) is 8.78 Å². The molecule has 9 heteroatoms. The summed E-state index contributed by atoms with van der Waals surface area (Å²) in [6.07, 6.45) is 1.80. The minimum absolute atomic E-state index is 0.0943. The van der Waals surface area contributed by atoms with Gasteiger partial charge in [-0.3, -0.25) is 4.99 Å². The zero-order valence-corrected chi connectivity index (χ0v) is 15.0. The number of rotatable bonds is 7. The molecule has 0 radical (unpaired) electrons. The van der Waals surface area contributed by atoms with Gasteiger partial charge in [0.15, 0.2) is 5.96 Å². The van der Waals surface area contributed by atoms with Crippen molar-refractivity contribution in [1.82, 2.24) is 15.6 Å². The summed E-state index contributed by atoms with van der Waals surface area (Å²) < 4.78 is 34.8. The molecule has 0 fully saturated rings. The lowest BCUT2D eigenvalue weighted by molar-refractivity contribution is -0.0504. The summed E-state index contributed by atoms with van der Waals surface area (Å²) in [5.74, 6) is 1.19. The first-order chi connectivity index (χ1) is 12.0. The van der Waals surface area contributed by atoms with Crippen molar-refractivity contribution in [2.75, 3.05) is 14.2 Å². The number of thiazole rings is 1. The van der Waals surface area contributed by atoms with Gasteiger partial charge in [0.25, 0.3) is 0 Å². The van der Waals surface area contributed by atoms with Crippen molar-refractivity contribution in [3.63, 3.8) is 0 Å². The van der Waals surface area contributed by atoms with Crippen LogP contribution in [0.3, 0.4) is 0 Å². The summed E-state index contributed by atoms with van der Waals surface area (Å²) in [6.45, 7) is -0.127. The van der Waals surface area contributed by atoms with Crippen molar-refractivity contribution >= 4 is 17.3 Å². The smallest absolute Gasteiger partial charge is 0.387 e. The topological polar surface area (TPSA) is 67.8 Å². The highest BCUT2D eigenvalue weighted by Crippen LogP contribution is 2.25. The van der Waals surface area contributed by atoms with Gasteiger partial charge < -0.3 is 20.1 Å². The van der Waals surface area contributed by atoms with E-state index in [1.54, 1.807) is 36.7 Å². The third kappa shape index (κ3) is 5.86. The fourth-order valence-corrected chi connectivity index (χ4v) is 2.82. The molecular formula is C16H20F2N4O2S. The molecule has 0 bridgehead atoms. The van der Waals surface area contributed by atoms with E-state index in [1.807, 2.05) is 6.92 Å². The molecule has 0 aliphatic carbocycles. The maximum absolute atomic E-state index is 12.5. The van der Waals surface area contributed by atoms with Crippen molar-refractivity contribution < 1.29 is 18.3 Å². The lowest BCUT2D eigenvalue weighted by Gasteiger charge is -2.15. The van der Waals surface area contributed by atoms with Gasteiger partial charge >= 0.3 is 6.61 Å². The molecule has 1 aromatic heterocycles. The lowest BCUT2D eigenvalue weighted by atomic mass is 10.2. The molecule has 0 saturated carbocycles. The Morgan fingerprint density at radius 3 is 2.68 bits per heavy atom. The van der Waals surface area contributed by atoms with Crippen LogP contribution in [-0.2, 0) is 13.1 Å². The van der Waals surface area contributed by atoms with Crippen LogP contribution < -0.4 is 20.1 Å². The molecule has 136 valence electrons. The number of guanidine groups is 1. The third-order valence-electron chi connectivity index (χ3n) is 3.25. The fourth-order valence-electron chi connectivity index (χ4n) is 2.09. The van der Waals surface area contributed by atoms with Crippen molar-refractivity contribution in [3.8, 4) is 11.5 Å². The number of nitrogens with zero attached hydrogens (tertiary/aromatic N) is 2. The molecule has 0 aliphatic heterocycles. The van der Waals surface area contributed by atoms with Crippen molar-refractivity contribution in [1.29, 1.82) is 0 Å². The first kappa shape index (κ1) is 18.9. The number of aliphatic imine (C=N–C) groups is 1. The van der Waals surface area contributed by atoms with Crippen LogP contribution >= 0.6 is 11.3 Å². The highest BCUT2D eigenvalue weighted by atomic mass is 32.1. The predicted octanol–water partition coefficient (Wildman–Crippen LogP) is 2.93. The second-order valence-corrected chi connectivity index (χ2v) is 6.30. The Morgan fingerprint density at radius 1 is 1.32 bits per heavy atom. The Labute approximate surface area is 148 Å². The number of nitrogens with one attached hydrogen (secondary N) is 2. The van der Waals surface area contributed by atoms with Crippen molar-refractivity contribution in [2.24, 2.45) is 4.99 Å². The zero-order valence-electron chi connectivity index (χ0n) is 14.2. The third-order valence-corrected chi connectivity index (χ3v) is 4.17. The monoisotopic (exact) mass is 370 g/mol. The molecule has 0 spiro atoms. The van der Waals surface area contributed by atoms with Crippen LogP contribution in [0.5, 0.6) is 11.5 Å². The number of hydrogen-bond donors (Lipinski definition) is 2. The maximum atomic E-state index is 12.5. The molecule has 25 heavy (non-hydrogen) atoms. The second kappa shape index (κ2) is 9.16. The fraction of sp³-hybridized carbons (Fsp3) is 0.375. The molecule has 2 N–H and O–H groups in total. The van der Waals surface area contributed by atoms with Gasteiger partial charge in [0, 0.05) is 30.2 Å². The second-order valence-electron chi connectivity index (χ2n) is 4.98. The molecule has 0 aliphatic rings. The van der Waals surface area contributed by atoms with E-state index in [0.29, 0.717) is 23.8 Å². The number of alkyl halides is 2. The Bertz CT molecular complexity index is 722. The zero-order chi connectivity index (χ0) is 18.2. The first-order valence-corrected chi connectivity index (χ1v) is 8.31. The van der Waals surface area contributed by atoms with E-state index in [2.05, 4.69) is 25.3 Å². The molecule has 1 aromatic carbocycles. The number of halogens is 2. The summed E-state index contributed by atoms with van der Waals surface area (Å²) in [4.78, 5) is 9.38. The SMILES string of the molecule is CN=C(NCc1cnc(C)s1)NCc1cc(OC)ccc1OC(F)F. The van der Waals surface area contributed by atoms with Crippen LogP contribution in [0.25, 0.3) is 0 Å². The molecule has 0 unspecified atom stereocenters. The average Bonchev–Trinajstić information content (AvgIpc) is 3.01. The molecule has 6 nitrogen and oxygen atoms in total. The van der Waals surface area contributed by atoms with Crippen LogP contribution in [0.2, 0.25) is 0 Å². The standard InChI is InChI=1S/C16H20F2N4O2S/c1-10-20-8-13(25-10)9-22-16(19-2)21-7-11-6-12(23-3)4-5-14(11)24-15(17)18/h4-6,8,15H,7,9H2,1-3H3,(H2,19,21,22). The first-order valence-electron chi connectivity index (χ1n) is 7.49. The largest absolute Gasteiger partial charge is 0.497 e. The molecule has 1 heterocycles. The molecule has 0 amide bonds. The highest BCUT2D eigenvalue weighted by Gasteiger charge is 2.11. The Balaban J connectivity index is 1.99. The number of hydrogen-bond acceptors (Lipinski definition) is 5. The van der Waals surface area contributed by atoms with Gasteiger partial charge in [-0.1, -0.05) is 0 Å². The summed E-state index contributed by atoms with van der Waals surface area (Å²) in [5, 5.41) is 7.21. The van der Waals surface area contributed by atoms with Crippen molar-refractivity contribution in [2.45, 2.75) is 26.6 Å². The number of benzene rings is 1.